The summed E-state index contributed by atoms with van der Waals surface area (Å²) in [4.78, 5) is 12.1. The monoisotopic (exact) mass is 347 g/mol. The van der Waals surface area contributed by atoms with E-state index in [1.165, 1.54) is 28.9 Å². The van der Waals surface area contributed by atoms with Crippen molar-refractivity contribution in [2.75, 3.05) is 0 Å². The highest BCUT2D eigenvalue weighted by molar-refractivity contribution is 6.33. The van der Waals surface area contributed by atoms with Crippen molar-refractivity contribution >= 4 is 17.5 Å². The molecule has 0 spiro atoms. The third-order valence-electron chi connectivity index (χ3n) is 2.99. The summed E-state index contributed by atoms with van der Waals surface area (Å²) in [6.45, 7) is 1.79. The lowest BCUT2D eigenvalue weighted by atomic mass is 10.2. The number of carbonyl (C=O) groups excluding carboxylic acids is 1. The first-order valence-corrected chi connectivity index (χ1v) is 6.87. The van der Waals surface area contributed by atoms with Crippen molar-refractivity contribution in [3.63, 3.8) is 0 Å². The number of hydrogen-bond acceptors (Lipinski definition) is 3. The summed E-state index contributed by atoms with van der Waals surface area (Å²) in [6.07, 6.45) is -4.73. The van der Waals surface area contributed by atoms with Crippen molar-refractivity contribution in [2.45, 2.75) is 19.8 Å². The maximum absolute atomic E-state index is 12.1. The molecule has 1 aromatic carbocycles. The van der Waals surface area contributed by atoms with Crippen molar-refractivity contribution in [3.05, 3.63) is 46.2 Å². The van der Waals surface area contributed by atoms with E-state index in [0.717, 1.165) is 0 Å². The molecular formula is C14H13ClF3N3O2. The quantitative estimate of drug-likeness (QED) is 0.924. The Labute approximate surface area is 135 Å². The molecule has 23 heavy (non-hydrogen) atoms. The van der Waals surface area contributed by atoms with Crippen LogP contribution in [0.15, 0.2) is 24.3 Å². The standard InChI is InChI=1S/C14H13ClF3N3O2/c1-8-11(12(15)21(2)20-8)13(22)19-7-9-3-5-10(6-4-9)23-14(16,17)18/h3-6H,7H2,1-2H3,(H,19,22). The van der Waals surface area contributed by atoms with Gasteiger partial charge in [-0.3, -0.25) is 9.48 Å². The second kappa shape index (κ2) is 6.49. The van der Waals surface area contributed by atoms with Crippen molar-refractivity contribution < 1.29 is 22.7 Å². The summed E-state index contributed by atoms with van der Waals surface area (Å²) in [6, 6.07) is 5.21. The molecule has 0 fully saturated rings. The number of benzene rings is 1. The Morgan fingerprint density at radius 3 is 2.43 bits per heavy atom. The number of ether oxygens (including phenoxy) is 1. The number of aromatic nitrogens is 2. The molecule has 1 N–H and O–H groups in total. The van der Waals surface area contributed by atoms with Gasteiger partial charge in [0.05, 0.1) is 11.3 Å². The Balaban J connectivity index is 1.99. The topological polar surface area (TPSA) is 56.2 Å². The number of nitrogens with zero attached hydrogens (tertiary/aromatic N) is 2. The van der Waals surface area contributed by atoms with Crippen molar-refractivity contribution in [1.82, 2.24) is 15.1 Å². The van der Waals surface area contributed by atoms with Gasteiger partial charge in [-0.1, -0.05) is 23.7 Å². The molecule has 0 atom stereocenters. The highest BCUT2D eigenvalue weighted by Crippen LogP contribution is 2.23. The number of carbonyl (C=O) groups is 1. The third-order valence-corrected chi connectivity index (χ3v) is 3.42. The SMILES string of the molecule is Cc1nn(C)c(Cl)c1C(=O)NCc1ccc(OC(F)(F)F)cc1. The molecule has 2 rings (SSSR count). The van der Waals surface area contributed by atoms with E-state index in [1.807, 2.05) is 0 Å². The highest BCUT2D eigenvalue weighted by Gasteiger charge is 2.30. The number of nitrogens with one attached hydrogen (secondary N) is 1. The second-order valence-corrected chi connectivity index (χ2v) is 5.11. The number of aryl methyl sites for hydroxylation is 2. The molecule has 0 saturated carbocycles. The fourth-order valence-electron chi connectivity index (χ4n) is 1.97. The maximum Gasteiger partial charge on any atom is 0.573 e. The van der Waals surface area contributed by atoms with Crippen LogP contribution in [0.5, 0.6) is 5.75 Å². The van der Waals surface area contributed by atoms with E-state index in [4.69, 9.17) is 11.6 Å². The van der Waals surface area contributed by atoms with Crippen molar-refractivity contribution in [1.29, 1.82) is 0 Å². The molecule has 124 valence electrons. The minimum absolute atomic E-state index is 0.135. The molecule has 1 aromatic heterocycles. The molecular weight excluding hydrogens is 335 g/mol. The molecule has 1 amide bonds. The van der Waals surface area contributed by atoms with Gasteiger partial charge in [0, 0.05) is 13.6 Å². The van der Waals surface area contributed by atoms with Gasteiger partial charge in [0.25, 0.3) is 5.91 Å². The second-order valence-electron chi connectivity index (χ2n) is 4.75. The van der Waals surface area contributed by atoms with Gasteiger partial charge in [0.15, 0.2) is 0 Å². The molecule has 5 nitrogen and oxygen atoms in total. The summed E-state index contributed by atoms with van der Waals surface area (Å²) < 4.78 is 41.3. The Hall–Kier alpha value is -2.22. The van der Waals surface area contributed by atoms with Gasteiger partial charge in [-0.25, -0.2) is 0 Å². The van der Waals surface area contributed by atoms with Crippen LogP contribution in [0.2, 0.25) is 5.15 Å². The zero-order valence-corrected chi connectivity index (χ0v) is 13.0. The van der Waals surface area contributed by atoms with E-state index < -0.39 is 12.3 Å². The van der Waals surface area contributed by atoms with Gasteiger partial charge in [-0.15, -0.1) is 13.2 Å². The first kappa shape index (κ1) is 17.1. The van der Waals surface area contributed by atoms with Crippen LogP contribution < -0.4 is 10.1 Å². The lowest BCUT2D eigenvalue weighted by Crippen LogP contribution is -2.23. The first-order chi connectivity index (χ1) is 10.7. The molecule has 1 heterocycles. The number of alkyl halides is 3. The number of hydrogen-bond donors (Lipinski definition) is 1. The molecule has 0 bridgehead atoms. The van der Waals surface area contributed by atoms with E-state index >= 15 is 0 Å². The molecule has 2 aromatic rings. The summed E-state index contributed by atoms with van der Waals surface area (Å²) >= 11 is 5.99. The molecule has 0 aliphatic rings. The minimum atomic E-state index is -4.73. The molecule has 0 aliphatic heterocycles. The van der Waals surface area contributed by atoms with E-state index in [1.54, 1.807) is 14.0 Å². The molecule has 9 heteroatoms. The van der Waals surface area contributed by atoms with Crippen LogP contribution in [0, 0.1) is 6.92 Å². The molecule has 0 unspecified atom stereocenters. The van der Waals surface area contributed by atoms with Crippen LogP contribution in [0.4, 0.5) is 13.2 Å². The average Bonchev–Trinajstić information content (AvgIpc) is 2.69. The largest absolute Gasteiger partial charge is 0.573 e. The van der Waals surface area contributed by atoms with Gasteiger partial charge in [-0.05, 0) is 24.6 Å². The lowest BCUT2D eigenvalue weighted by Gasteiger charge is -2.09. The fraction of sp³-hybridized carbons (Fsp3) is 0.286. The summed E-state index contributed by atoms with van der Waals surface area (Å²) in [5.41, 5.74) is 1.38. The third kappa shape index (κ3) is 4.38. The van der Waals surface area contributed by atoms with E-state index in [2.05, 4.69) is 15.2 Å². The van der Waals surface area contributed by atoms with E-state index in [9.17, 15) is 18.0 Å². The predicted molar refractivity (Wildman–Crippen MR) is 77.3 cm³/mol. The van der Waals surface area contributed by atoms with Crippen LogP contribution in [0.1, 0.15) is 21.6 Å². The summed E-state index contributed by atoms with van der Waals surface area (Å²) in [5.74, 6) is -0.727. The molecule has 0 aliphatic carbocycles. The highest BCUT2D eigenvalue weighted by atomic mass is 35.5. The van der Waals surface area contributed by atoms with E-state index in [-0.39, 0.29) is 23.0 Å². The fourth-order valence-corrected chi connectivity index (χ4v) is 2.23. The van der Waals surface area contributed by atoms with Crippen molar-refractivity contribution in [3.8, 4) is 5.75 Å². The smallest absolute Gasteiger partial charge is 0.406 e. The lowest BCUT2D eigenvalue weighted by molar-refractivity contribution is -0.274. The molecule has 0 radical (unpaired) electrons. The Morgan fingerprint density at radius 1 is 1.35 bits per heavy atom. The van der Waals surface area contributed by atoms with Crippen LogP contribution >= 0.6 is 11.6 Å². The van der Waals surface area contributed by atoms with Gasteiger partial charge >= 0.3 is 6.36 Å². The number of rotatable bonds is 4. The van der Waals surface area contributed by atoms with Gasteiger partial charge < -0.3 is 10.1 Å². The Morgan fingerprint density at radius 2 is 1.96 bits per heavy atom. The Bertz CT molecular complexity index is 711. The van der Waals surface area contributed by atoms with Gasteiger partial charge in [-0.2, -0.15) is 5.10 Å². The van der Waals surface area contributed by atoms with Crippen LogP contribution in [0.3, 0.4) is 0 Å². The van der Waals surface area contributed by atoms with Crippen LogP contribution in [-0.4, -0.2) is 22.1 Å². The molecule has 0 saturated heterocycles. The zero-order valence-electron chi connectivity index (χ0n) is 12.2. The van der Waals surface area contributed by atoms with Crippen LogP contribution in [-0.2, 0) is 13.6 Å². The average molecular weight is 348 g/mol. The van der Waals surface area contributed by atoms with E-state index in [0.29, 0.717) is 11.3 Å². The number of halogens is 4. The van der Waals surface area contributed by atoms with Gasteiger partial charge in [0.2, 0.25) is 0 Å². The summed E-state index contributed by atoms with van der Waals surface area (Å²) in [5, 5.41) is 6.89. The minimum Gasteiger partial charge on any atom is -0.406 e. The van der Waals surface area contributed by atoms with Crippen LogP contribution in [0.25, 0.3) is 0 Å². The predicted octanol–water partition coefficient (Wildman–Crippen LogP) is 3.21. The first-order valence-electron chi connectivity index (χ1n) is 6.49. The number of amides is 1. The summed E-state index contributed by atoms with van der Waals surface area (Å²) in [7, 11) is 1.62. The van der Waals surface area contributed by atoms with Crippen molar-refractivity contribution in [2.24, 2.45) is 7.05 Å². The Kier molecular flexibility index (Phi) is 4.84. The maximum atomic E-state index is 12.1. The normalized spacial score (nSPS) is 11.4. The van der Waals surface area contributed by atoms with Gasteiger partial charge in [0.1, 0.15) is 10.9 Å². The zero-order chi connectivity index (χ0) is 17.2.